The molecule has 1 aromatic heterocycles. The second-order valence-corrected chi connectivity index (χ2v) is 5.22. The fraction of sp³-hybridized carbons (Fsp3) is 0.538. The van der Waals surface area contributed by atoms with Crippen LogP contribution in [0.5, 0.6) is 0 Å². The largest absolute Gasteiger partial charge is 0.467 e. The topological polar surface area (TPSA) is 55.4 Å². The van der Waals surface area contributed by atoms with Gasteiger partial charge in [-0.25, -0.2) is 4.79 Å². The van der Waals surface area contributed by atoms with Crippen molar-refractivity contribution in [2.24, 2.45) is 5.92 Å². The number of hydrogen-bond donors (Lipinski definition) is 1. The van der Waals surface area contributed by atoms with Crippen molar-refractivity contribution in [2.45, 2.75) is 32.7 Å². The van der Waals surface area contributed by atoms with E-state index in [0.29, 0.717) is 12.8 Å². The van der Waals surface area contributed by atoms with E-state index in [1.54, 1.807) is 11.3 Å². The highest BCUT2D eigenvalue weighted by molar-refractivity contribution is 7.07. The summed E-state index contributed by atoms with van der Waals surface area (Å²) < 4.78 is 4.67. The maximum Gasteiger partial charge on any atom is 0.328 e. The van der Waals surface area contributed by atoms with Crippen molar-refractivity contribution in [1.29, 1.82) is 0 Å². The maximum atomic E-state index is 11.8. The van der Waals surface area contributed by atoms with Crippen LogP contribution < -0.4 is 5.32 Å². The smallest absolute Gasteiger partial charge is 0.328 e. The van der Waals surface area contributed by atoms with E-state index in [4.69, 9.17) is 0 Å². The number of amides is 1. The Bertz CT molecular complexity index is 387. The minimum Gasteiger partial charge on any atom is -0.467 e. The zero-order valence-corrected chi connectivity index (χ0v) is 11.8. The van der Waals surface area contributed by atoms with Crippen molar-refractivity contribution in [3.63, 3.8) is 0 Å². The Hall–Kier alpha value is -1.36. The SMILES string of the molecule is COC(=O)C(NC(=O)CCc1ccsc1)C(C)C. The maximum absolute atomic E-state index is 11.8. The van der Waals surface area contributed by atoms with Crippen molar-refractivity contribution < 1.29 is 14.3 Å². The number of ether oxygens (including phenoxy) is 1. The highest BCUT2D eigenvalue weighted by Crippen LogP contribution is 2.09. The predicted molar refractivity (Wildman–Crippen MR) is 71.4 cm³/mol. The molecule has 1 N–H and O–H groups in total. The molecule has 0 saturated carbocycles. The van der Waals surface area contributed by atoms with Crippen LogP contribution in [0.2, 0.25) is 0 Å². The molecule has 0 bridgehead atoms. The Morgan fingerprint density at radius 1 is 1.44 bits per heavy atom. The molecule has 0 radical (unpaired) electrons. The lowest BCUT2D eigenvalue weighted by molar-refractivity contribution is -0.146. The third-order valence-electron chi connectivity index (χ3n) is 2.66. The normalized spacial score (nSPS) is 12.2. The van der Waals surface area contributed by atoms with Gasteiger partial charge in [-0.15, -0.1) is 0 Å². The van der Waals surface area contributed by atoms with Gasteiger partial charge < -0.3 is 10.1 Å². The Labute approximate surface area is 111 Å². The fourth-order valence-electron chi connectivity index (χ4n) is 1.56. The van der Waals surface area contributed by atoms with E-state index in [2.05, 4.69) is 10.1 Å². The molecule has 1 aromatic rings. The van der Waals surface area contributed by atoms with Crippen LogP contribution in [0.15, 0.2) is 16.8 Å². The summed E-state index contributed by atoms with van der Waals surface area (Å²) in [6, 6.07) is 1.43. The number of hydrogen-bond acceptors (Lipinski definition) is 4. The van der Waals surface area contributed by atoms with Gasteiger partial charge in [0.2, 0.25) is 5.91 Å². The molecule has 0 aromatic carbocycles. The van der Waals surface area contributed by atoms with Crippen LogP contribution in [0.1, 0.15) is 25.8 Å². The molecule has 18 heavy (non-hydrogen) atoms. The van der Waals surface area contributed by atoms with E-state index < -0.39 is 12.0 Å². The summed E-state index contributed by atoms with van der Waals surface area (Å²) in [5.74, 6) is -0.498. The van der Waals surface area contributed by atoms with Gasteiger partial charge in [-0.1, -0.05) is 13.8 Å². The van der Waals surface area contributed by atoms with Gasteiger partial charge in [0, 0.05) is 6.42 Å². The number of esters is 1. The van der Waals surface area contributed by atoms with Gasteiger partial charge in [0.05, 0.1) is 7.11 Å². The molecular formula is C13H19NO3S. The summed E-state index contributed by atoms with van der Waals surface area (Å²) in [6.45, 7) is 3.75. The summed E-state index contributed by atoms with van der Waals surface area (Å²) in [5.41, 5.74) is 1.15. The highest BCUT2D eigenvalue weighted by atomic mass is 32.1. The summed E-state index contributed by atoms with van der Waals surface area (Å²) >= 11 is 1.61. The Morgan fingerprint density at radius 3 is 2.67 bits per heavy atom. The Morgan fingerprint density at radius 2 is 2.17 bits per heavy atom. The molecule has 1 rings (SSSR count). The van der Waals surface area contributed by atoms with Gasteiger partial charge in [-0.05, 0) is 34.7 Å². The van der Waals surface area contributed by atoms with Gasteiger partial charge >= 0.3 is 5.97 Å². The van der Waals surface area contributed by atoms with Gasteiger partial charge in [-0.2, -0.15) is 11.3 Å². The average Bonchev–Trinajstić information content (AvgIpc) is 2.85. The van der Waals surface area contributed by atoms with Crippen LogP contribution in [-0.4, -0.2) is 25.0 Å². The van der Waals surface area contributed by atoms with Crippen LogP contribution in [0, 0.1) is 5.92 Å². The minimum absolute atomic E-state index is 0.0162. The first-order valence-corrected chi connectivity index (χ1v) is 6.87. The number of carbonyl (C=O) groups excluding carboxylic acids is 2. The molecule has 0 spiro atoms. The molecule has 1 atom stereocenters. The lowest BCUT2D eigenvalue weighted by Crippen LogP contribution is -2.45. The van der Waals surface area contributed by atoms with E-state index >= 15 is 0 Å². The van der Waals surface area contributed by atoms with Gasteiger partial charge in [0.1, 0.15) is 6.04 Å². The summed E-state index contributed by atoms with van der Waals surface area (Å²) in [5, 5.41) is 6.73. The number of methoxy groups -OCH3 is 1. The number of nitrogens with one attached hydrogen (secondary N) is 1. The molecule has 0 fully saturated rings. The monoisotopic (exact) mass is 269 g/mol. The molecule has 0 aliphatic carbocycles. The van der Waals surface area contributed by atoms with Crippen molar-refractivity contribution in [1.82, 2.24) is 5.32 Å². The molecule has 1 heterocycles. The van der Waals surface area contributed by atoms with Gasteiger partial charge in [0.15, 0.2) is 0 Å². The van der Waals surface area contributed by atoms with Crippen molar-refractivity contribution in [2.75, 3.05) is 7.11 Å². The summed E-state index contributed by atoms with van der Waals surface area (Å²) in [4.78, 5) is 23.2. The Kier molecular flexibility index (Phi) is 5.85. The summed E-state index contributed by atoms with van der Waals surface area (Å²) in [7, 11) is 1.33. The third-order valence-corrected chi connectivity index (χ3v) is 3.39. The first kappa shape index (κ1) is 14.7. The number of thiophene rings is 1. The highest BCUT2D eigenvalue weighted by Gasteiger charge is 2.24. The lowest BCUT2D eigenvalue weighted by Gasteiger charge is -2.19. The van der Waals surface area contributed by atoms with Crippen LogP contribution in [0.3, 0.4) is 0 Å². The zero-order valence-electron chi connectivity index (χ0n) is 10.9. The van der Waals surface area contributed by atoms with Crippen LogP contribution in [0.4, 0.5) is 0 Å². The number of carbonyl (C=O) groups is 2. The van der Waals surface area contributed by atoms with Crippen LogP contribution in [-0.2, 0) is 20.7 Å². The Balaban J connectivity index is 2.44. The molecule has 0 saturated heterocycles. The summed E-state index contributed by atoms with van der Waals surface area (Å²) in [6.07, 6.45) is 1.08. The standard InChI is InChI=1S/C13H19NO3S/c1-9(2)12(13(16)17-3)14-11(15)5-4-10-6-7-18-8-10/h6-9,12H,4-5H2,1-3H3,(H,14,15). The predicted octanol–water partition coefficient (Wildman–Crippen LogP) is 1.99. The fourth-order valence-corrected chi connectivity index (χ4v) is 2.27. The average molecular weight is 269 g/mol. The number of aryl methyl sites for hydroxylation is 1. The van der Waals surface area contributed by atoms with Crippen molar-refractivity contribution in [3.05, 3.63) is 22.4 Å². The molecule has 4 nitrogen and oxygen atoms in total. The number of rotatable bonds is 6. The van der Waals surface area contributed by atoms with Gasteiger partial charge in [0.25, 0.3) is 0 Å². The molecule has 1 amide bonds. The lowest BCUT2D eigenvalue weighted by atomic mass is 10.0. The second-order valence-electron chi connectivity index (χ2n) is 4.44. The third kappa shape index (κ3) is 4.49. The van der Waals surface area contributed by atoms with E-state index in [-0.39, 0.29) is 11.8 Å². The molecule has 0 aliphatic rings. The second kappa shape index (κ2) is 7.16. The molecule has 0 aliphatic heterocycles. The molecular weight excluding hydrogens is 250 g/mol. The van der Waals surface area contributed by atoms with E-state index in [1.165, 1.54) is 7.11 Å². The van der Waals surface area contributed by atoms with Crippen molar-refractivity contribution in [3.8, 4) is 0 Å². The molecule has 5 heteroatoms. The minimum atomic E-state index is -0.565. The van der Waals surface area contributed by atoms with Crippen molar-refractivity contribution >= 4 is 23.2 Å². The van der Waals surface area contributed by atoms with Gasteiger partial charge in [-0.3, -0.25) is 4.79 Å². The quantitative estimate of drug-likeness (QED) is 0.804. The molecule has 1 unspecified atom stereocenters. The van der Waals surface area contributed by atoms with E-state index in [9.17, 15) is 9.59 Å². The molecule has 100 valence electrons. The first-order chi connectivity index (χ1) is 8.54. The van der Waals surface area contributed by atoms with E-state index in [1.807, 2.05) is 30.7 Å². The van der Waals surface area contributed by atoms with Crippen LogP contribution in [0.25, 0.3) is 0 Å². The van der Waals surface area contributed by atoms with Crippen LogP contribution >= 0.6 is 11.3 Å². The zero-order chi connectivity index (χ0) is 13.5. The van der Waals surface area contributed by atoms with E-state index in [0.717, 1.165) is 5.56 Å². The first-order valence-electron chi connectivity index (χ1n) is 5.93.